The monoisotopic (exact) mass is 382 g/mol. The highest BCUT2D eigenvalue weighted by molar-refractivity contribution is 6.36. The van der Waals surface area contributed by atoms with Gasteiger partial charge in [-0.05, 0) is 31.5 Å². The van der Waals surface area contributed by atoms with Crippen molar-refractivity contribution in [1.29, 1.82) is 0 Å². The zero-order chi connectivity index (χ0) is 18.6. The lowest BCUT2D eigenvalue weighted by molar-refractivity contribution is 0.0952. The molecule has 0 saturated heterocycles. The van der Waals surface area contributed by atoms with Gasteiger partial charge in [-0.3, -0.25) is 4.79 Å². The zero-order valence-electron chi connectivity index (χ0n) is 15.0. The van der Waals surface area contributed by atoms with E-state index in [9.17, 15) is 4.79 Å². The van der Waals surface area contributed by atoms with Crippen molar-refractivity contribution in [3.05, 3.63) is 39.8 Å². The summed E-state index contributed by atoms with van der Waals surface area (Å²) in [7, 11) is 1.62. The molecule has 2 rings (SSSR count). The first-order valence-corrected chi connectivity index (χ1v) is 9.23. The first kappa shape index (κ1) is 19.6. The number of nitrogens with zero attached hydrogens (tertiary/aromatic N) is 2. The van der Waals surface area contributed by atoms with Gasteiger partial charge in [-0.15, -0.1) is 0 Å². The Labute approximate surface area is 158 Å². The Kier molecular flexibility index (Phi) is 6.73. The van der Waals surface area contributed by atoms with Crippen molar-refractivity contribution in [3.63, 3.8) is 0 Å². The van der Waals surface area contributed by atoms with Crippen LogP contribution in [0.2, 0.25) is 10.0 Å². The van der Waals surface area contributed by atoms with Crippen molar-refractivity contribution in [2.45, 2.75) is 46.1 Å². The van der Waals surface area contributed by atoms with Gasteiger partial charge >= 0.3 is 0 Å². The molecule has 1 aromatic heterocycles. The number of hydrogen-bond donors (Lipinski definition) is 2. The second-order valence-electron chi connectivity index (χ2n) is 5.91. The summed E-state index contributed by atoms with van der Waals surface area (Å²) < 4.78 is 2.02. The van der Waals surface area contributed by atoms with Crippen LogP contribution >= 0.6 is 23.2 Å². The molecule has 5 nitrogen and oxygen atoms in total. The molecule has 25 heavy (non-hydrogen) atoms. The molecule has 1 heterocycles. The van der Waals surface area contributed by atoms with Gasteiger partial charge in [-0.25, -0.2) is 4.98 Å². The van der Waals surface area contributed by atoms with Gasteiger partial charge in [0.1, 0.15) is 5.82 Å². The van der Waals surface area contributed by atoms with E-state index in [2.05, 4.69) is 29.5 Å². The number of imidazole rings is 1. The summed E-state index contributed by atoms with van der Waals surface area (Å²) in [5.74, 6) is 1.19. The summed E-state index contributed by atoms with van der Waals surface area (Å²) in [6.07, 6.45) is 2.73. The third kappa shape index (κ3) is 4.28. The van der Waals surface area contributed by atoms with E-state index in [1.165, 1.54) is 0 Å². The molecule has 0 spiro atoms. The summed E-state index contributed by atoms with van der Waals surface area (Å²) in [5.41, 5.74) is 1.18. The number of halogens is 2. The summed E-state index contributed by atoms with van der Waals surface area (Å²) in [4.78, 5) is 17.2. The third-order valence-corrected chi connectivity index (χ3v) is 4.62. The Morgan fingerprint density at radius 3 is 2.60 bits per heavy atom. The second kappa shape index (κ2) is 8.59. The SMILES string of the molecule is CCCC(C)n1c(CC)nc(Nc2ccc(Cl)cc2Cl)c1C(=O)NC. The van der Waals surface area contributed by atoms with Crippen molar-refractivity contribution in [1.82, 2.24) is 14.9 Å². The molecule has 7 heteroatoms. The molecule has 0 bridgehead atoms. The molecule has 1 atom stereocenters. The van der Waals surface area contributed by atoms with Crippen molar-refractivity contribution in [3.8, 4) is 0 Å². The lowest BCUT2D eigenvalue weighted by Gasteiger charge is -2.18. The van der Waals surface area contributed by atoms with Crippen molar-refractivity contribution < 1.29 is 4.79 Å². The van der Waals surface area contributed by atoms with E-state index in [0.29, 0.717) is 27.2 Å². The number of anilines is 2. The van der Waals surface area contributed by atoms with Gasteiger partial charge < -0.3 is 15.2 Å². The average Bonchev–Trinajstić information content (AvgIpc) is 2.95. The van der Waals surface area contributed by atoms with Gasteiger partial charge in [-0.1, -0.05) is 43.5 Å². The Morgan fingerprint density at radius 1 is 1.32 bits per heavy atom. The predicted molar refractivity (Wildman–Crippen MR) is 104 cm³/mol. The highest BCUT2D eigenvalue weighted by Crippen LogP contribution is 2.31. The highest BCUT2D eigenvalue weighted by atomic mass is 35.5. The molecular weight excluding hydrogens is 359 g/mol. The van der Waals surface area contributed by atoms with Gasteiger partial charge in [0.05, 0.1) is 10.7 Å². The minimum Gasteiger partial charge on any atom is -0.354 e. The number of hydrogen-bond acceptors (Lipinski definition) is 3. The van der Waals surface area contributed by atoms with Crippen LogP contribution in [0.15, 0.2) is 18.2 Å². The standard InChI is InChI=1S/C18H24Cl2N4O/c1-5-7-11(3)24-15(6-2)23-17(16(24)18(25)21-4)22-14-9-8-12(19)10-13(14)20/h8-11,22H,5-7H2,1-4H3,(H,21,25). The fourth-order valence-electron chi connectivity index (χ4n) is 2.89. The number of aromatic nitrogens is 2. The van der Waals surface area contributed by atoms with E-state index >= 15 is 0 Å². The topological polar surface area (TPSA) is 59.0 Å². The highest BCUT2D eigenvalue weighted by Gasteiger charge is 2.25. The molecule has 0 saturated carbocycles. The summed E-state index contributed by atoms with van der Waals surface area (Å²) >= 11 is 12.2. The van der Waals surface area contributed by atoms with Crippen LogP contribution in [0, 0.1) is 0 Å². The van der Waals surface area contributed by atoms with Gasteiger partial charge in [0.15, 0.2) is 11.5 Å². The molecule has 0 aliphatic carbocycles. The van der Waals surface area contributed by atoms with Gasteiger partial charge in [0.25, 0.3) is 5.91 Å². The maximum Gasteiger partial charge on any atom is 0.271 e. The van der Waals surface area contributed by atoms with E-state index in [1.807, 2.05) is 11.5 Å². The van der Waals surface area contributed by atoms with E-state index in [0.717, 1.165) is 25.1 Å². The van der Waals surface area contributed by atoms with Crippen molar-refractivity contribution in [2.75, 3.05) is 12.4 Å². The van der Waals surface area contributed by atoms with Crippen molar-refractivity contribution in [2.24, 2.45) is 0 Å². The number of amides is 1. The lowest BCUT2D eigenvalue weighted by atomic mass is 10.1. The quantitative estimate of drug-likeness (QED) is 0.690. The molecule has 136 valence electrons. The Hall–Kier alpha value is -1.72. The molecule has 2 aromatic rings. The number of carbonyl (C=O) groups is 1. The lowest BCUT2D eigenvalue weighted by Crippen LogP contribution is -2.25. The Bertz CT molecular complexity index is 758. The minimum absolute atomic E-state index is 0.177. The Morgan fingerprint density at radius 2 is 2.04 bits per heavy atom. The molecule has 0 fully saturated rings. The summed E-state index contributed by atoms with van der Waals surface area (Å²) in [6.45, 7) is 6.27. The van der Waals surface area contributed by atoms with Crippen LogP contribution in [0.25, 0.3) is 0 Å². The van der Waals surface area contributed by atoms with E-state index in [4.69, 9.17) is 23.2 Å². The third-order valence-electron chi connectivity index (χ3n) is 4.07. The maximum atomic E-state index is 12.6. The van der Waals surface area contributed by atoms with Crippen LogP contribution in [0.3, 0.4) is 0 Å². The van der Waals surface area contributed by atoms with Crippen LogP contribution in [-0.4, -0.2) is 22.5 Å². The molecule has 0 aliphatic heterocycles. The number of aryl methyl sites for hydroxylation is 1. The number of rotatable bonds is 7. The Balaban J connectivity index is 2.54. The van der Waals surface area contributed by atoms with Crippen LogP contribution in [0.5, 0.6) is 0 Å². The maximum absolute atomic E-state index is 12.6. The van der Waals surface area contributed by atoms with E-state index in [1.54, 1.807) is 25.2 Å². The number of nitrogens with one attached hydrogen (secondary N) is 2. The fourth-order valence-corrected chi connectivity index (χ4v) is 3.35. The second-order valence-corrected chi connectivity index (χ2v) is 6.76. The van der Waals surface area contributed by atoms with Gasteiger partial charge in [0, 0.05) is 24.5 Å². The number of benzene rings is 1. The van der Waals surface area contributed by atoms with Crippen LogP contribution in [-0.2, 0) is 6.42 Å². The molecule has 1 aromatic carbocycles. The fraction of sp³-hybridized carbons (Fsp3) is 0.444. The molecule has 0 radical (unpaired) electrons. The van der Waals surface area contributed by atoms with Crippen molar-refractivity contribution >= 4 is 40.6 Å². The normalized spacial score (nSPS) is 12.1. The molecule has 2 N–H and O–H groups in total. The van der Waals surface area contributed by atoms with Crippen LogP contribution in [0.1, 0.15) is 56.0 Å². The molecular formula is C18H24Cl2N4O. The average molecular weight is 383 g/mol. The van der Waals surface area contributed by atoms with Gasteiger partial charge in [0.2, 0.25) is 0 Å². The zero-order valence-corrected chi connectivity index (χ0v) is 16.5. The number of carbonyl (C=O) groups excluding carboxylic acids is 1. The first-order valence-electron chi connectivity index (χ1n) is 8.48. The van der Waals surface area contributed by atoms with E-state index in [-0.39, 0.29) is 11.9 Å². The van der Waals surface area contributed by atoms with Gasteiger partial charge in [-0.2, -0.15) is 0 Å². The summed E-state index contributed by atoms with van der Waals surface area (Å²) in [6, 6.07) is 5.35. The molecule has 0 aliphatic rings. The predicted octanol–water partition coefficient (Wildman–Crippen LogP) is 5.22. The molecule has 1 unspecified atom stereocenters. The molecule has 1 amide bonds. The van der Waals surface area contributed by atoms with Crippen LogP contribution < -0.4 is 10.6 Å². The smallest absolute Gasteiger partial charge is 0.271 e. The largest absolute Gasteiger partial charge is 0.354 e. The minimum atomic E-state index is -0.178. The van der Waals surface area contributed by atoms with Crippen LogP contribution in [0.4, 0.5) is 11.5 Å². The summed E-state index contributed by atoms with van der Waals surface area (Å²) in [5, 5.41) is 6.93. The first-order chi connectivity index (χ1) is 11.9. The van der Waals surface area contributed by atoms with E-state index < -0.39 is 0 Å².